The average molecular weight is 376 g/mol. The van der Waals surface area contributed by atoms with E-state index in [2.05, 4.69) is 10.6 Å². The van der Waals surface area contributed by atoms with E-state index in [9.17, 15) is 19.2 Å². The summed E-state index contributed by atoms with van der Waals surface area (Å²) < 4.78 is 11.2. The molecule has 2 aliphatic heterocycles. The molecule has 0 unspecified atom stereocenters. The van der Waals surface area contributed by atoms with Crippen LogP contribution in [0.3, 0.4) is 0 Å². The fraction of sp³-hybridized carbons (Fsp3) is 0.412. The number of urea groups is 2. The molecule has 0 aromatic heterocycles. The molecule has 1 atom stereocenters. The van der Waals surface area contributed by atoms with Crippen molar-refractivity contribution >= 4 is 23.9 Å². The topological polar surface area (TPSA) is 126 Å². The van der Waals surface area contributed by atoms with Crippen molar-refractivity contribution in [3.63, 3.8) is 0 Å². The molecular formula is C17H20N4O6. The van der Waals surface area contributed by atoms with Crippen molar-refractivity contribution in [2.75, 3.05) is 26.8 Å². The van der Waals surface area contributed by atoms with Gasteiger partial charge in [-0.05, 0) is 24.6 Å². The smallest absolute Gasteiger partial charge is 0.325 e. The molecule has 10 heteroatoms. The number of nitrogens with zero attached hydrogens (tertiary/aromatic N) is 1. The molecule has 0 bridgehead atoms. The molecule has 6 amide bonds. The zero-order valence-corrected chi connectivity index (χ0v) is 15.0. The highest BCUT2D eigenvalue weighted by Gasteiger charge is 2.49. The Hall–Kier alpha value is -3.30. The molecule has 0 saturated carbocycles. The Labute approximate surface area is 155 Å². The number of rotatable bonds is 3. The summed E-state index contributed by atoms with van der Waals surface area (Å²) in [6, 6.07) is 3.55. The molecule has 2 aliphatic rings. The van der Waals surface area contributed by atoms with E-state index in [-0.39, 0.29) is 0 Å². The fourth-order valence-electron chi connectivity index (χ4n) is 2.88. The van der Waals surface area contributed by atoms with Gasteiger partial charge in [0.05, 0.1) is 13.2 Å². The van der Waals surface area contributed by atoms with E-state index < -0.39 is 36.0 Å². The highest BCUT2D eigenvalue weighted by molar-refractivity contribution is 6.10. The van der Waals surface area contributed by atoms with Crippen LogP contribution in [0, 0.1) is 0 Å². The number of carbonyl (C=O) groups is 4. The third-order valence-electron chi connectivity index (χ3n) is 4.38. The van der Waals surface area contributed by atoms with Crippen molar-refractivity contribution in [1.29, 1.82) is 0 Å². The summed E-state index contributed by atoms with van der Waals surface area (Å²) in [6.07, 6.45) is 0.741. The van der Waals surface area contributed by atoms with Crippen LogP contribution in [0.25, 0.3) is 0 Å². The fourth-order valence-corrected chi connectivity index (χ4v) is 2.88. The largest absolute Gasteiger partial charge is 0.490 e. The first-order valence-electron chi connectivity index (χ1n) is 8.41. The van der Waals surface area contributed by atoms with Crippen LogP contribution in [-0.2, 0) is 15.1 Å². The molecule has 27 heavy (non-hydrogen) atoms. The average Bonchev–Trinajstić information content (AvgIpc) is 2.82. The van der Waals surface area contributed by atoms with Crippen LogP contribution in [0.5, 0.6) is 11.5 Å². The maximum Gasteiger partial charge on any atom is 0.325 e. The highest BCUT2D eigenvalue weighted by Crippen LogP contribution is 2.36. The Bertz CT molecular complexity index is 811. The summed E-state index contributed by atoms with van der Waals surface area (Å²) in [5, 5.41) is 6.83. The van der Waals surface area contributed by atoms with E-state index >= 15 is 0 Å². The van der Waals surface area contributed by atoms with Gasteiger partial charge >= 0.3 is 12.1 Å². The van der Waals surface area contributed by atoms with Crippen LogP contribution in [0.15, 0.2) is 18.2 Å². The summed E-state index contributed by atoms with van der Waals surface area (Å²) in [5.41, 5.74) is -0.867. The Morgan fingerprint density at radius 1 is 1.22 bits per heavy atom. The Kier molecular flexibility index (Phi) is 4.89. The minimum atomic E-state index is -1.37. The summed E-state index contributed by atoms with van der Waals surface area (Å²) >= 11 is 0. The minimum absolute atomic E-state index is 0.485. The molecule has 1 aromatic carbocycles. The Balaban J connectivity index is 1.81. The van der Waals surface area contributed by atoms with Crippen LogP contribution >= 0.6 is 0 Å². The number of nitrogens with one attached hydrogen (secondary N) is 3. The quantitative estimate of drug-likeness (QED) is 0.641. The van der Waals surface area contributed by atoms with E-state index in [1.54, 1.807) is 25.1 Å². The van der Waals surface area contributed by atoms with E-state index in [4.69, 9.17) is 9.47 Å². The lowest BCUT2D eigenvalue weighted by Crippen LogP contribution is -2.46. The van der Waals surface area contributed by atoms with E-state index in [1.165, 1.54) is 7.05 Å². The monoisotopic (exact) mass is 376 g/mol. The molecular weight excluding hydrogens is 356 g/mol. The zero-order chi connectivity index (χ0) is 19.6. The van der Waals surface area contributed by atoms with E-state index in [0.717, 1.165) is 11.3 Å². The zero-order valence-electron chi connectivity index (χ0n) is 15.0. The van der Waals surface area contributed by atoms with E-state index in [0.29, 0.717) is 30.3 Å². The number of benzene rings is 1. The molecule has 144 valence electrons. The van der Waals surface area contributed by atoms with Gasteiger partial charge in [-0.15, -0.1) is 0 Å². The lowest BCUT2D eigenvalue weighted by molar-refractivity contribution is -0.134. The van der Waals surface area contributed by atoms with Gasteiger partial charge in [0.15, 0.2) is 11.5 Å². The Morgan fingerprint density at radius 3 is 2.63 bits per heavy atom. The van der Waals surface area contributed by atoms with Gasteiger partial charge < -0.3 is 20.1 Å². The van der Waals surface area contributed by atoms with Crippen LogP contribution in [-0.4, -0.2) is 55.6 Å². The molecule has 0 radical (unpaired) electrons. The van der Waals surface area contributed by atoms with Crippen molar-refractivity contribution in [1.82, 2.24) is 20.9 Å². The first-order chi connectivity index (χ1) is 12.8. The minimum Gasteiger partial charge on any atom is -0.490 e. The maximum absolute atomic E-state index is 12.9. The van der Waals surface area contributed by atoms with Gasteiger partial charge in [0.1, 0.15) is 12.1 Å². The summed E-state index contributed by atoms with van der Waals surface area (Å²) in [7, 11) is 1.34. The maximum atomic E-state index is 12.9. The van der Waals surface area contributed by atoms with Crippen molar-refractivity contribution in [3.8, 4) is 11.5 Å². The first kappa shape index (κ1) is 18.5. The number of ether oxygens (including phenoxy) is 2. The molecule has 10 nitrogen and oxygen atoms in total. The molecule has 0 aliphatic carbocycles. The van der Waals surface area contributed by atoms with Gasteiger partial charge in [-0.2, -0.15) is 0 Å². The predicted octanol–water partition coefficient (Wildman–Crippen LogP) is 0.0705. The van der Waals surface area contributed by atoms with Crippen LogP contribution < -0.4 is 25.4 Å². The normalized spacial score (nSPS) is 21.3. The van der Waals surface area contributed by atoms with Gasteiger partial charge in [0.25, 0.3) is 5.91 Å². The van der Waals surface area contributed by atoms with Crippen molar-refractivity contribution in [2.24, 2.45) is 0 Å². The summed E-state index contributed by atoms with van der Waals surface area (Å²) in [5.74, 6) is -0.322. The predicted molar refractivity (Wildman–Crippen MR) is 92.2 cm³/mol. The van der Waals surface area contributed by atoms with Gasteiger partial charge in [0.2, 0.25) is 5.91 Å². The lowest BCUT2D eigenvalue weighted by atomic mass is 9.91. The van der Waals surface area contributed by atoms with Gasteiger partial charge in [0, 0.05) is 13.5 Å². The van der Waals surface area contributed by atoms with Crippen molar-refractivity contribution in [2.45, 2.75) is 18.9 Å². The van der Waals surface area contributed by atoms with Gasteiger partial charge in [-0.1, -0.05) is 6.07 Å². The van der Waals surface area contributed by atoms with Crippen molar-refractivity contribution < 1.29 is 28.7 Å². The number of hydrogen-bond acceptors (Lipinski definition) is 6. The second-order valence-corrected chi connectivity index (χ2v) is 6.29. The summed E-state index contributed by atoms with van der Waals surface area (Å²) in [6.45, 7) is 1.99. The van der Waals surface area contributed by atoms with Crippen LogP contribution in [0.2, 0.25) is 0 Å². The lowest BCUT2D eigenvalue weighted by Gasteiger charge is -2.23. The molecule has 2 heterocycles. The standard InChI is InChI=1S/C17H20N4O6/c1-17(10-4-5-11-12(8-10)27-7-3-6-26-11)14(23)21(16(25)20-17)9-13(22)19-15(24)18-2/h4-5,8H,3,6-7,9H2,1-2H3,(H,20,25)(H2,18,19,22,24)/t17-/m0/s1. The highest BCUT2D eigenvalue weighted by atomic mass is 16.5. The molecule has 1 aromatic rings. The number of fused-ring (bicyclic) bond motifs is 1. The number of imide groups is 2. The SMILES string of the molecule is CNC(=O)NC(=O)CN1C(=O)N[C@@](C)(c2ccc3c(c2)OCCCO3)C1=O. The Morgan fingerprint density at radius 2 is 1.93 bits per heavy atom. The molecule has 1 fully saturated rings. The third-order valence-corrected chi connectivity index (χ3v) is 4.38. The third kappa shape index (κ3) is 3.50. The molecule has 3 N–H and O–H groups in total. The van der Waals surface area contributed by atoms with Gasteiger partial charge in [-0.25, -0.2) is 9.59 Å². The van der Waals surface area contributed by atoms with Gasteiger partial charge in [-0.3, -0.25) is 19.8 Å². The number of carbonyl (C=O) groups excluding carboxylic acids is 4. The molecule has 0 spiro atoms. The van der Waals surface area contributed by atoms with E-state index in [1.807, 2.05) is 5.32 Å². The molecule has 1 saturated heterocycles. The van der Waals surface area contributed by atoms with Crippen molar-refractivity contribution in [3.05, 3.63) is 23.8 Å². The first-order valence-corrected chi connectivity index (χ1v) is 8.41. The molecule has 3 rings (SSSR count). The second-order valence-electron chi connectivity index (χ2n) is 6.29. The van der Waals surface area contributed by atoms with Crippen LogP contribution in [0.1, 0.15) is 18.9 Å². The summed E-state index contributed by atoms with van der Waals surface area (Å²) in [4.78, 5) is 48.9. The second kappa shape index (κ2) is 7.14. The number of hydrogen-bond donors (Lipinski definition) is 3. The van der Waals surface area contributed by atoms with Crippen LogP contribution in [0.4, 0.5) is 9.59 Å². The number of amides is 6.